The smallest absolute Gasteiger partial charge is 0.0509 e. The molecule has 0 radical (unpaired) electrons. The number of nitrogens with zero attached hydrogens (tertiary/aromatic N) is 3. The van der Waals surface area contributed by atoms with Gasteiger partial charge in [0, 0.05) is 13.2 Å². The minimum Gasteiger partial charge on any atom is -0.258 e. The average molecular weight is 133 g/mol. The van der Waals surface area contributed by atoms with Crippen molar-refractivity contribution in [2.45, 2.75) is 0 Å². The quantitative estimate of drug-likeness (QED) is 0.410. The largest absolute Gasteiger partial charge is 0.258 e. The molecule has 0 unspecified atom stereocenters. The third-order valence-electron chi connectivity index (χ3n) is 0.495. The Kier molecular flexibility index (Phi) is 8.49. The lowest BCUT2D eigenvalue weighted by Crippen LogP contribution is -1.96. The van der Waals surface area contributed by atoms with Crippen LogP contribution in [0.5, 0.6) is 0 Å². The summed E-state index contributed by atoms with van der Waals surface area (Å²) < 4.78 is 0. The monoisotopic (exact) mass is 133 g/mol. The van der Waals surface area contributed by atoms with Gasteiger partial charge in [-0.3, -0.25) is 5.01 Å². The van der Waals surface area contributed by atoms with Crippen molar-refractivity contribution in [3.05, 3.63) is 12.8 Å². The van der Waals surface area contributed by atoms with E-state index in [0.717, 1.165) is 0 Å². The van der Waals surface area contributed by atoms with Crippen LogP contribution in [-0.2, 0) is 0 Å². The zero-order valence-corrected chi connectivity index (χ0v) is 6.13. The van der Waals surface area contributed by atoms with Gasteiger partial charge in [0.1, 0.15) is 0 Å². The zero-order chi connectivity index (χ0) is 5.70. The molecule has 4 heteroatoms. The third kappa shape index (κ3) is 5.49. The predicted octanol–water partition coefficient (Wildman–Crippen LogP) is 1.17. The maximum absolute atomic E-state index is 3.58. The number of rotatable bonds is 2. The van der Waals surface area contributed by atoms with E-state index in [0.29, 0.717) is 0 Å². The molecule has 0 aliphatic carbocycles. The van der Waals surface area contributed by atoms with E-state index in [1.165, 1.54) is 5.01 Å². The fourth-order valence-corrected chi connectivity index (χ4v) is 0.178. The highest BCUT2D eigenvalue weighted by Crippen LogP contribution is 1.80. The standard InChI is InChI=1S/C4H9N3.H2S/c1-4-7(3)6-5-2;/h4H,1H2,2-3H3;1H2. The molecule has 0 spiro atoms. The fraction of sp³-hybridized carbons (Fsp3) is 0.500. The van der Waals surface area contributed by atoms with Crippen molar-refractivity contribution in [3.8, 4) is 0 Å². The summed E-state index contributed by atoms with van der Waals surface area (Å²) in [6, 6.07) is 0. The maximum atomic E-state index is 3.58. The summed E-state index contributed by atoms with van der Waals surface area (Å²) >= 11 is 0. The van der Waals surface area contributed by atoms with Crippen molar-refractivity contribution >= 4 is 13.5 Å². The van der Waals surface area contributed by atoms with Crippen LogP contribution < -0.4 is 0 Å². The summed E-state index contributed by atoms with van der Waals surface area (Å²) in [5.41, 5.74) is 0. The van der Waals surface area contributed by atoms with Gasteiger partial charge in [-0.15, -0.1) is 0 Å². The molecule has 0 amide bonds. The molecule has 0 atom stereocenters. The first-order valence-corrected chi connectivity index (χ1v) is 1.96. The van der Waals surface area contributed by atoms with Gasteiger partial charge < -0.3 is 0 Å². The van der Waals surface area contributed by atoms with E-state index >= 15 is 0 Å². The molecule has 3 nitrogen and oxygen atoms in total. The molecule has 0 rings (SSSR count). The molecule has 48 valence electrons. The van der Waals surface area contributed by atoms with Crippen LogP contribution in [0.25, 0.3) is 0 Å². The van der Waals surface area contributed by atoms with Crippen molar-refractivity contribution < 1.29 is 0 Å². The van der Waals surface area contributed by atoms with Gasteiger partial charge in [0.2, 0.25) is 0 Å². The molecule has 0 saturated carbocycles. The van der Waals surface area contributed by atoms with Crippen LogP contribution in [0.4, 0.5) is 0 Å². The van der Waals surface area contributed by atoms with Gasteiger partial charge in [-0.05, 0) is 0 Å². The molecule has 0 bridgehead atoms. The molecule has 0 aromatic rings. The molecule has 0 N–H and O–H groups in total. The van der Waals surface area contributed by atoms with Gasteiger partial charge in [0.25, 0.3) is 0 Å². The van der Waals surface area contributed by atoms with E-state index in [1.807, 2.05) is 0 Å². The van der Waals surface area contributed by atoms with Crippen molar-refractivity contribution in [3.63, 3.8) is 0 Å². The summed E-state index contributed by atoms with van der Waals surface area (Å²) in [5.74, 6) is 0. The Bertz CT molecular complexity index is 81.4. The van der Waals surface area contributed by atoms with Gasteiger partial charge in [0.15, 0.2) is 0 Å². The molecule has 0 aromatic heterocycles. The topological polar surface area (TPSA) is 28.0 Å². The van der Waals surface area contributed by atoms with Gasteiger partial charge >= 0.3 is 0 Å². The van der Waals surface area contributed by atoms with Gasteiger partial charge in [0.05, 0.1) is 7.05 Å². The van der Waals surface area contributed by atoms with E-state index < -0.39 is 0 Å². The van der Waals surface area contributed by atoms with Crippen molar-refractivity contribution in [1.82, 2.24) is 5.01 Å². The molecule has 0 heterocycles. The summed E-state index contributed by atoms with van der Waals surface area (Å²) in [5, 5.41) is 8.60. The molecule has 0 fully saturated rings. The highest BCUT2D eigenvalue weighted by atomic mass is 32.1. The molecule has 8 heavy (non-hydrogen) atoms. The highest BCUT2D eigenvalue weighted by Gasteiger charge is 1.73. The Hall–Kier alpha value is -0.510. The van der Waals surface area contributed by atoms with Crippen LogP contribution in [0, 0.1) is 0 Å². The van der Waals surface area contributed by atoms with Gasteiger partial charge in [-0.2, -0.15) is 18.6 Å². The van der Waals surface area contributed by atoms with Crippen LogP contribution in [0.1, 0.15) is 0 Å². The zero-order valence-electron chi connectivity index (χ0n) is 5.13. The number of hydrogen-bond acceptors (Lipinski definition) is 2. The Morgan fingerprint density at radius 1 is 1.62 bits per heavy atom. The second kappa shape index (κ2) is 6.49. The predicted molar refractivity (Wildman–Crippen MR) is 39.1 cm³/mol. The second-order valence-electron chi connectivity index (χ2n) is 1.05. The van der Waals surface area contributed by atoms with Crippen LogP contribution in [-0.4, -0.2) is 19.1 Å². The maximum Gasteiger partial charge on any atom is 0.0509 e. The van der Waals surface area contributed by atoms with Crippen LogP contribution in [0.15, 0.2) is 23.1 Å². The summed E-state index contributed by atoms with van der Waals surface area (Å²) in [6.45, 7) is 3.45. The lowest BCUT2D eigenvalue weighted by atomic mass is 11.0. The molecule has 0 aliphatic rings. The molecule has 0 aliphatic heterocycles. The highest BCUT2D eigenvalue weighted by molar-refractivity contribution is 7.59. The molecule has 0 saturated heterocycles. The normalized spacial score (nSPS) is 8.25. The summed E-state index contributed by atoms with van der Waals surface area (Å²) in [4.78, 5) is 0. The van der Waals surface area contributed by atoms with E-state index in [9.17, 15) is 0 Å². The number of hydrogen-bond donors (Lipinski definition) is 0. The van der Waals surface area contributed by atoms with E-state index in [2.05, 4.69) is 16.9 Å². The first kappa shape index (κ1) is 10.5. The van der Waals surface area contributed by atoms with Crippen LogP contribution in [0.2, 0.25) is 0 Å². The van der Waals surface area contributed by atoms with E-state index in [4.69, 9.17) is 0 Å². The second-order valence-corrected chi connectivity index (χ2v) is 1.05. The van der Waals surface area contributed by atoms with Crippen LogP contribution >= 0.6 is 13.5 Å². The molecular weight excluding hydrogens is 122 g/mol. The molecule has 0 aromatic carbocycles. The first-order chi connectivity index (χ1) is 3.31. The average Bonchev–Trinajstić information content (AvgIpc) is 1.68. The van der Waals surface area contributed by atoms with Crippen LogP contribution in [0.3, 0.4) is 0 Å². The van der Waals surface area contributed by atoms with Gasteiger partial charge in [-0.1, -0.05) is 11.8 Å². The van der Waals surface area contributed by atoms with Crippen molar-refractivity contribution in [2.75, 3.05) is 14.1 Å². The first-order valence-electron chi connectivity index (χ1n) is 1.96. The Balaban J connectivity index is 0. The lowest BCUT2D eigenvalue weighted by molar-refractivity contribution is 0.454. The molecular formula is C4H11N3S. The Labute approximate surface area is 56.5 Å². The minimum absolute atomic E-state index is 0. The fourth-order valence-electron chi connectivity index (χ4n) is 0.178. The summed E-state index contributed by atoms with van der Waals surface area (Å²) in [7, 11) is 3.38. The Morgan fingerprint density at radius 2 is 2.12 bits per heavy atom. The third-order valence-corrected chi connectivity index (χ3v) is 0.495. The minimum atomic E-state index is 0. The Morgan fingerprint density at radius 3 is 2.25 bits per heavy atom. The van der Waals surface area contributed by atoms with E-state index in [1.54, 1.807) is 20.3 Å². The van der Waals surface area contributed by atoms with Gasteiger partial charge in [-0.25, -0.2) is 0 Å². The SMILES string of the molecule is C=CN(C)N=NC.S. The lowest BCUT2D eigenvalue weighted by Gasteiger charge is -1.98. The van der Waals surface area contributed by atoms with Crippen molar-refractivity contribution in [1.29, 1.82) is 0 Å². The van der Waals surface area contributed by atoms with Crippen molar-refractivity contribution in [2.24, 2.45) is 10.3 Å². The van der Waals surface area contributed by atoms with E-state index in [-0.39, 0.29) is 13.5 Å². The summed E-state index contributed by atoms with van der Waals surface area (Å²) in [6.07, 6.45) is 1.58.